The minimum absolute atomic E-state index is 0.0779. The number of methoxy groups -OCH3 is 1. The zero-order chi connectivity index (χ0) is 21.7. The van der Waals surface area contributed by atoms with E-state index in [1.165, 1.54) is 6.07 Å². The van der Waals surface area contributed by atoms with E-state index in [4.69, 9.17) is 9.47 Å². The van der Waals surface area contributed by atoms with E-state index in [1.807, 2.05) is 6.92 Å². The molecule has 0 unspecified atom stereocenters. The van der Waals surface area contributed by atoms with Crippen molar-refractivity contribution in [1.29, 1.82) is 0 Å². The fourth-order valence-electron chi connectivity index (χ4n) is 3.24. The van der Waals surface area contributed by atoms with Gasteiger partial charge in [-0.25, -0.2) is 4.79 Å². The zero-order valence-corrected chi connectivity index (χ0v) is 16.9. The van der Waals surface area contributed by atoms with Crippen LogP contribution in [0.5, 0.6) is 17.2 Å². The number of amides is 3. The van der Waals surface area contributed by atoms with Gasteiger partial charge in [-0.1, -0.05) is 13.5 Å². The highest BCUT2D eigenvalue weighted by Gasteiger charge is 2.39. The largest absolute Gasteiger partial charge is 0.507 e. The average molecular weight is 411 g/mol. The van der Waals surface area contributed by atoms with E-state index < -0.39 is 18.0 Å². The first kappa shape index (κ1) is 21.0. The highest BCUT2D eigenvalue weighted by molar-refractivity contribution is 5.97. The van der Waals surface area contributed by atoms with Crippen LogP contribution in [0, 0.1) is 5.92 Å². The van der Waals surface area contributed by atoms with Gasteiger partial charge < -0.3 is 30.5 Å². The smallest absolute Gasteiger partial charge is 0.319 e. The molecule has 2 atom stereocenters. The van der Waals surface area contributed by atoms with E-state index in [1.54, 1.807) is 43.5 Å². The van der Waals surface area contributed by atoms with Gasteiger partial charge in [0.25, 0.3) is 0 Å². The first-order chi connectivity index (χ1) is 14.4. The number of aromatic hydroxyl groups is 1. The summed E-state index contributed by atoms with van der Waals surface area (Å²) >= 11 is 0. The molecular formula is C22H25N3O5. The van der Waals surface area contributed by atoms with Crippen molar-refractivity contribution in [1.82, 2.24) is 10.6 Å². The Morgan fingerprint density at radius 2 is 1.90 bits per heavy atom. The number of urea groups is 1. The van der Waals surface area contributed by atoms with Crippen molar-refractivity contribution in [2.75, 3.05) is 19.0 Å². The molecule has 0 radical (unpaired) electrons. The molecule has 1 fully saturated rings. The van der Waals surface area contributed by atoms with Gasteiger partial charge in [-0.2, -0.15) is 0 Å². The van der Waals surface area contributed by atoms with Gasteiger partial charge in [0.05, 0.1) is 19.8 Å². The van der Waals surface area contributed by atoms with Crippen LogP contribution in [-0.2, 0) is 4.79 Å². The van der Waals surface area contributed by atoms with Crippen molar-refractivity contribution in [3.05, 3.63) is 60.3 Å². The molecule has 1 aliphatic rings. The van der Waals surface area contributed by atoms with Crippen molar-refractivity contribution in [3.8, 4) is 17.2 Å². The Kier molecular flexibility index (Phi) is 6.46. The lowest BCUT2D eigenvalue weighted by atomic mass is 9.87. The predicted molar refractivity (Wildman–Crippen MR) is 113 cm³/mol. The second-order valence-electron chi connectivity index (χ2n) is 6.87. The average Bonchev–Trinajstić information content (AvgIpc) is 2.72. The van der Waals surface area contributed by atoms with Crippen molar-refractivity contribution < 1.29 is 24.2 Å². The molecule has 0 saturated carbocycles. The van der Waals surface area contributed by atoms with Crippen molar-refractivity contribution >= 4 is 17.6 Å². The van der Waals surface area contributed by atoms with Gasteiger partial charge in [-0.15, -0.1) is 0 Å². The summed E-state index contributed by atoms with van der Waals surface area (Å²) in [5.74, 6) is -0.133. The van der Waals surface area contributed by atoms with Crippen LogP contribution in [0.2, 0.25) is 0 Å². The Morgan fingerprint density at radius 1 is 1.20 bits per heavy atom. The van der Waals surface area contributed by atoms with Crippen LogP contribution in [0.25, 0.3) is 0 Å². The van der Waals surface area contributed by atoms with Crippen molar-refractivity contribution in [2.45, 2.75) is 19.4 Å². The maximum Gasteiger partial charge on any atom is 0.319 e. The van der Waals surface area contributed by atoms with Crippen LogP contribution in [0.1, 0.15) is 24.9 Å². The minimum atomic E-state index is -0.849. The fraction of sp³-hybridized carbons (Fsp3) is 0.273. The van der Waals surface area contributed by atoms with Crippen LogP contribution < -0.4 is 25.4 Å². The molecule has 0 aliphatic carbocycles. The molecule has 0 bridgehead atoms. The summed E-state index contributed by atoms with van der Waals surface area (Å²) in [6.07, 6.45) is 0.834. The third kappa shape index (κ3) is 4.65. The molecule has 30 heavy (non-hydrogen) atoms. The van der Waals surface area contributed by atoms with Crippen LogP contribution >= 0.6 is 0 Å². The van der Waals surface area contributed by atoms with E-state index in [0.29, 0.717) is 29.4 Å². The third-order valence-electron chi connectivity index (χ3n) is 4.72. The summed E-state index contributed by atoms with van der Waals surface area (Å²) < 4.78 is 10.6. The summed E-state index contributed by atoms with van der Waals surface area (Å²) in [6.45, 7) is 6.34. The van der Waals surface area contributed by atoms with E-state index in [2.05, 4.69) is 22.5 Å². The number of ether oxygens (including phenoxy) is 2. The summed E-state index contributed by atoms with van der Waals surface area (Å²) in [4.78, 5) is 25.1. The second-order valence-corrected chi connectivity index (χ2v) is 6.87. The van der Waals surface area contributed by atoms with Gasteiger partial charge in [0.1, 0.15) is 23.2 Å². The quantitative estimate of drug-likeness (QED) is 0.559. The molecule has 0 spiro atoms. The first-order valence-corrected chi connectivity index (χ1v) is 9.60. The maximum absolute atomic E-state index is 13.0. The number of rotatable bonds is 7. The van der Waals surface area contributed by atoms with Gasteiger partial charge in [-0.3, -0.25) is 4.79 Å². The van der Waals surface area contributed by atoms with Gasteiger partial charge >= 0.3 is 6.03 Å². The maximum atomic E-state index is 13.0. The van der Waals surface area contributed by atoms with Gasteiger partial charge in [0.2, 0.25) is 5.91 Å². The lowest BCUT2D eigenvalue weighted by Crippen LogP contribution is -2.51. The molecule has 0 aromatic heterocycles. The molecule has 1 aliphatic heterocycles. The normalized spacial score (nSPS) is 18.2. The van der Waals surface area contributed by atoms with E-state index in [-0.39, 0.29) is 17.4 Å². The number of hydrogen-bond acceptors (Lipinski definition) is 5. The monoisotopic (exact) mass is 411 g/mol. The fourth-order valence-corrected chi connectivity index (χ4v) is 3.24. The van der Waals surface area contributed by atoms with Crippen molar-refractivity contribution in [2.24, 2.45) is 5.92 Å². The molecule has 4 N–H and O–H groups in total. The Labute approximate surface area is 174 Å². The molecule has 3 amide bonds. The number of benzene rings is 2. The van der Waals surface area contributed by atoms with Crippen molar-refractivity contribution in [3.63, 3.8) is 0 Å². The van der Waals surface area contributed by atoms with Crippen LogP contribution in [0.4, 0.5) is 10.5 Å². The molecule has 3 rings (SSSR count). The molecule has 8 heteroatoms. The highest BCUT2D eigenvalue weighted by atomic mass is 16.5. The SMILES string of the molecule is C=C1NC(=O)N[C@@H](c2ccc(OCCC)cc2O)[C@@H]1C(=O)Nc1ccc(OC)cc1. The number of phenolic OH excluding ortho intramolecular Hbond substituents is 1. The number of phenols is 1. The van der Waals surface area contributed by atoms with E-state index in [0.717, 1.165) is 6.42 Å². The number of nitrogens with one attached hydrogen (secondary N) is 3. The molecule has 158 valence electrons. The number of anilines is 1. The molecule has 2 aromatic rings. The Hall–Kier alpha value is -3.68. The van der Waals surface area contributed by atoms with Gasteiger partial charge in [0, 0.05) is 23.0 Å². The summed E-state index contributed by atoms with van der Waals surface area (Å²) in [5, 5.41) is 18.6. The molecular weight excluding hydrogens is 386 g/mol. The van der Waals surface area contributed by atoms with Gasteiger partial charge in [0.15, 0.2) is 0 Å². The minimum Gasteiger partial charge on any atom is -0.507 e. The van der Waals surface area contributed by atoms with E-state index in [9.17, 15) is 14.7 Å². The Morgan fingerprint density at radius 3 is 2.53 bits per heavy atom. The zero-order valence-electron chi connectivity index (χ0n) is 16.9. The molecule has 2 aromatic carbocycles. The lowest BCUT2D eigenvalue weighted by Gasteiger charge is -2.34. The summed E-state index contributed by atoms with van der Waals surface area (Å²) in [6, 6.07) is 10.4. The first-order valence-electron chi connectivity index (χ1n) is 9.60. The third-order valence-corrected chi connectivity index (χ3v) is 4.72. The molecule has 8 nitrogen and oxygen atoms in total. The van der Waals surface area contributed by atoms with Crippen LogP contribution in [-0.4, -0.2) is 30.8 Å². The molecule has 1 heterocycles. The Bertz CT molecular complexity index is 942. The second kappa shape index (κ2) is 9.21. The van der Waals surface area contributed by atoms with Crippen LogP contribution in [0.3, 0.4) is 0 Å². The summed E-state index contributed by atoms with van der Waals surface area (Å²) in [5.41, 5.74) is 1.20. The van der Waals surface area contributed by atoms with E-state index >= 15 is 0 Å². The molecule has 1 saturated heterocycles. The highest BCUT2D eigenvalue weighted by Crippen LogP contribution is 2.36. The Balaban J connectivity index is 1.86. The van der Waals surface area contributed by atoms with Gasteiger partial charge in [-0.05, 0) is 42.8 Å². The standard InChI is InChI=1S/C22H25N3O5/c1-4-11-30-16-9-10-17(18(26)12-16)20-19(13(2)23-22(28)25-20)21(27)24-14-5-7-15(29-3)8-6-14/h5-10,12,19-20,26H,2,4,11H2,1,3H3,(H,24,27)(H2,23,25,28)/t19-,20+/m1/s1. The van der Waals surface area contributed by atoms with Crippen LogP contribution in [0.15, 0.2) is 54.7 Å². The summed E-state index contributed by atoms with van der Waals surface area (Å²) in [7, 11) is 1.56. The topological polar surface area (TPSA) is 109 Å². The lowest BCUT2D eigenvalue weighted by molar-refractivity contribution is -0.119. The predicted octanol–water partition coefficient (Wildman–Crippen LogP) is 3.31. The number of hydrogen-bond donors (Lipinski definition) is 4. The number of carbonyl (C=O) groups excluding carboxylic acids is 2. The number of carbonyl (C=O) groups is 2.